The van der Waals surface area contributed by atoms with Gasteiger partial charge in [0.15, 0.2) is 0 Å². The molecule has 1 aliphatic rings. The van der Waals surface area contributed by atoms with Crippen LogP contribution >= 0.6 is 0 Å². The van der Waals surface area contributed by atoms with Crippen LogP contribution in [-0.2, 0) is 4.79 Å². The molecule has 1 N–H and O–H groups in total. The van der Waals surface area contributed by atoms with Gasteiger partial charge in [-0.15, -0.1) is 0 Å². The van der Waals surface area contributed by atoms with E-state index in [4.69, 9.17) is 0 Å². The Morgan fingerprint density at radius 2 is 2.06 bits per heavy atom. The second-order valence-electron chi connectivity index (χ2n) is 5.08. The number of nitrogens with zero attached hydrogens (tertiary/aromatic N) is 2. The molecule has 0 radical (unpaired) electrons. The summed E-state index contributed by atoms with van der Waals surface area (Å²) in [7, 11) is 4.14. The van der Waals surface area contributed by atoms with Gasteiger partial charge in [0.1, 0.15) is 0 Å². The fourth-order valence-electron chi connectivity index (χ4n) is 2.28. The van der Waals surface area contributed by atoms with Gasteiger partial charge in [-0.2, -0.15) is 0 Å². The topological polar surface area (TPSA) is 35.6 Å². The highest BCUT2D eigenvalue weighted by Gasteiger charge is 2.24. The van der Waals surface area contributed by atoms with Gasteiger partial charge in [-0.1, -0.05) is 6.42 Å². The van der Waals surface area contributed by atoms with Gasteiger partial charge in [0.05, 0.1) is 6.04 Å². The first-order valence-corrected chi connectivity index (χ1v) is 6.82. The fourth-order valence-corrected chi connectivity index (χ4v) is 2.28. The third kappa shape index (κ3) is 5.04. The molecule has 1 aliphatic heterocycles. The Balaban J connectivity index is 2.34. The predicted octanol–water partition coefficient (Wildman–Crippen LogP) is 0.929. The van der Waals surface area contributed by atoms with Gasteiger partial charge in [-0.05, 0) is 53.4 Å². The summed E-state index contributed by atoms with van der Waals surface area (Å²) in [6.45, 7) is 5.81. The van der Waals surface area contributed by atoms with Gasteiger partial charge in [-0.25, -0.2) is 0 Å². The van der Waals surface area contributed by atoms with Crippen LogP contribution in [0, 0.1) is 0 Å². The fraction of sp³-hybridized carbons (Fsp3) is 0.923. The molecule has 0 unspecified atom stereocenters. The minimum Gasteiger partial charge on any atom is -0.342 e. The molecular weight excluding hydrogens is 214 g/mol. The first-order valence-electron chi connectivity index (χ1n) is 6.82. The van der Waals surface area contributed by atoms with Crippen LogP contribution in [0.2, 0.25) is 0 Å². The zero-order chi connectivity index (χ0) is 12.7. The van der Waals surface area contributed by atoms with Crippen LogP contribution in [0.5, 0.6) is 0 Å². The summed E-state index contributed by atoms with van der Waals surface area (Å²) >= 11 is 0. The van der Waals surface area contributed by atoms with E-state index in [0.29, 0.717) is 5.91 Å². The molecular formula is C13H27N3O. The Morgan fingerprint density at radius 3 is 2.59 bits per heavy atom. The smallest absolute Gasteiger partial charge is 0.239 e. The summed E-state index contributed by atoms with van der Waals surface area (Å²) in [6.07, 6.45) is 4.44. The van der Waals surface area contributed by atoms with Crippen molar-refractivity contribution in [1.82, 2.24) is 15.1 Å². The highest BCUT2D eigenvalue weighted by atomic mass is 16.2. The Kier molecular flexibility index (Phi) is 6.52. The van der Waals surface area contributed by atoms with E-state index in [1.807, 2.05) is 4.90 Å². The average molecular weight is 241 g/mol. The van der Waals surface area contributed by atoms with E-state index in [-0.39, 0.29) is 6.04 Å². The van der Waals surface area contributed by atoms with Crippen molar-refractivity contribution in [2.75, 3.05) is 40.3 Å². The van der Waals surface area contributed by atoms with Crippen molar-refractivity contribution in [3.05, 3.63) is 0 Å². The van der Waals surface area contributed by atoms with Gasteiger partial charge in [0.25, 0.3) is 0 Å². The van der Waals surface area contributed by atoms with Crippen molar-refractivity contribution in [2.24, 2.45) is 0 Å². The first kappa shape index (κ1) is 14.5. The molecule has 0 aromatic carbocycles. The lowest BCUT2D eigenvalue weighted by Gasteiger charge is -2.29. The third-order valence-electron chi connectivity index (χ3n) is 3.34. The number of carbonyl (C=O) groups is 1. The molecule has 0 bridgehead atoms. The van der Waals surface area contributed by atoms with Crippen molar-refractivity contribution in [3.8, 4) is 0 Å². The molecule has 0 aliphatic carbocycles. The molecule has 4 nitrogen and oxygen atoms in total. The molecule has 0 saturated carbocycles. The zero-order valence-electron chi connectivity index (χ0n) is 11.5. The Morgan fingerprint density at radius 1 is 1.29 bits per heavy atom. The molecule has 0 aromatic heterocycles. The van der Waals surface area contributed by atoms with E-state index in [0.717, 1.165) is 39.0 Å². The second kappa shape index (κ2) is 7.67. The lowest BCUT2D eigenvalue weighted by atomic mass is 10.0. The van der Waals surface area contributed by atoms with Gasteiger partial charge in [0.2, 0.25) is 5.91 Å². The quantitative estimate of drug-likeness (QED) is 0.751. The Labute approximate surface area is 105 Å². The highest BCUT2D eigenvalue weighted by Crippen LogP contribution is 2.10. The van der Waals surface area contributed by atoms with Gasteiger partial charge in [0, 0.05) is 13.1 Å². The van der Waals surface area contributed by atoms with Crippen LogP contribution < -0.4 is 5.32 Å². The molecule has 1 rings (SSSR count). The van der Waals surface area contributed by atoms with Crippen LogP contribution in [0.1, 0.15) is 32.6 Å². The monoisotopic (exact) mass is 241 g/mol. The molecule has 1 saturated heterocycles. The third-order valence-corrected chi connectivity index (χ3v) is 3.34. The van der Waals surface area contributed by atoms with Crippen LogP contribution in [0.25, 0.3) is 0 Å². The maximum Gasteiger partial charge on any atom is 0.239 e. The summed E-state index contributed by atoms with van der Waals surface area (Å²) in [5.74, 6) is 0.297. The number of hydrogen-bond acceptors (Lipinski definition) is 3. The number of hydrogen-bond donors (Lipinski definition) is 1. The lowest BCUT2D eigenvalue weighted by Crippen LogP contribution is -2.49. The van der Waals surface area contributed by atoms with Crippen molar-refractivity contribution in [2.45, 2.75) is 38.6 Å². The molecule has 17 heavy (non-hydrogen) atoms. The van der Waals surface area contributed by atoms with Crippen molar-refractivity contribution in [1.29, 1.82) is 0 Å². The summed E-state index contributed by atoms with van der Waals surface area (Å²) in [5, 5.41) is 3.33. The van der Waals surface area contributed by atoms with Crippen LogP contribution in [0.4, 0.5) is 0 Å². The van der Waals surface area contributed by atoms with Crippen molar-refractivity contribution >= 4 is 5.91 Å². The Hall–Kier alpha value is -0.610. The van der Waals surface area contributed by atoms with E-state index in [1.54, 1.807) is 0 Å². The number of rotatable bonds is 6. The standard InChI is InChI=1S/C13H27N3O/c1-4-16(11-7-10-15(2)3)13(17)12-8-5-6-9-14-12/h12,14H,4-11H2,1-3H3/t12-/m0/s1. The average Bonchev–Trinajstić information content (AvgIpc) is 2.34. The van der Waals surface area contributed by atoms with E-state index in [1.165, 1.54) is 12.8 Å². The van der Waals surface area contributed by atoms with Crippen LogP contribution in [0.15, 0.2) is 0 Å². The molecule has 1 fully saturated rings. The molecule has 0 aromatic rings. The molecule has 4 heteroatoms. The van der Waals surface area contributed by atoms with Crippen molar-refractivity contribution in [3.63, 3.8) is 0 Å². The van der Waals surface area contributed by atoms with E-state index in [2.05, 4.69) is 31.2 Å². The van der Waals surface area contributed by atoms with E-state index < -0.39 is 0 Å². The summed E-state index contributed by atoms with van der Waals surface area (Å²) in [5.41, 5.74) is 0. The van der Waals surface area contributed by atoms with E-state index >= 15 is 0 Å². The first-order chi connectivity index (χ1) is 8.15. The minimum atomic E-state index is 0.0723. The molecule has 100 valence electrons. The second-order valence-corrected chi connectivity index (χ2v) is 5.08. The maximum absolute atomic E-state index is 12.3. The van der Waals surface area contributed by atoms with Crippen molar-refractivity contribution < 1.29 is 4.79 Å². The predicted molar refractivity (Wildman–Crippen MR) is 71.1 cm³/mol. The minimum absolute atomic E-state index is 0.0723. The number of amides is 1. The summed E-state index contributed by atoms with van der Waals surface area (Å²) < 4.78 is 0. The van der Waals surface area contributed by atoms with Crippen LogP contribution in [-0.4, -0.2) is 62.0 Å². The number of likely N-dealkylation sites (N-methyl/N-ethyl adjacent to an activating group) is 1. The number of carbonyl (C=O) groups excluding carboxylic acids is 1. The molecule has 0 spiro atoms. The Bertz CT molecular complexity index is 225. The van der Waals surface area contributed by atoms with Gasteiger partial charge >= 0.3 is 0 Å². The normalized spacial score (nSPS) is 20.6. The molecule has 1 amide bonds. The van der Waals surface area contributed by atoms with E-state index in [9.17, 15) is 4.79 Å². The molecule has 1 atom stereocenters. The summed E-state index contributed by atoms with van der Waals surface area (Å²) in [4.78, 5) is 16.4. The molecule has 1 heterocycles. The summed E-state index contributed by atoms with van der Waals surface area (Å²) in [6, 6.07) is 0.0723. The maximum atomic E-state index is 12.3. The number of nitrogens with one attached hydrogen (secondary N) is 1. The number of piperidine rings is 1. The van der Waals surface area contributed by atoms with Gasteiger partial charge in [-0.3, -0.25) is 4.79 Å². The van der Waals surface area contributed by atoms with Gasteiger partial charge < -0.3 is 15.1 Å². The SMILES string of the molecule is CCN(CCCN(C)C)C(=O)[C@@H]1CCCCN1. The zero-order valence-corrected chi connectivity index (χ0v) is 11.5. The highest BCUT2D eigenvalue weighted by molar-refractivity contribution is 5.81. The lowest BCUT2D eigenvalue weighted by molar-refractivity contribution is -0.133. The van der Waals surface area contributed by atoms with Crippen LogP contribution in [0.3, 0.4) is 0 Å². The largest absolute Gasteiger partial charge is 0.342 e.